The molecule has 0 fully saturated rings. The summed E-state index contributed by atoms with van der Waals surface area (Å²) in [5, 5.41) is 12.4. The molecule has 20 heavy (non-hydrogen) atoms. The normalized spacial score (nSPS) is 11.2. The van der Waals surface area contributed by atoms with E-state index in [2.05, 4.69) is 9.88 Å². The van der Waals surface area contributed by atoms with Crippen LogP contribution < -0.4 is 4.72 Å². The fourth-order valence-electron chi connectivity index (χ4n) is 1.53. The number of sulfonamides is 1. The van der Waals surface area contributed by atoms with Crippen LogP contribution in [0.5, 0.6) is 0 Å². The molecule has 1 N–H and O–H groups in total. The van der Waals surface area contributed by atoms with Gasteiger partial charge in [-0.3, -0.25) is 0 Å². The Balaban J connectivity index is 2.20. The Morgan fingerprint density at radius 2 is 2.20 bits per heavy atom. The summed E-state index contributed by atoms with van der Waals surface area (Å²) >= 11 is 5.87. The highest BCUT2D eigenvalue weighted by atomic mass is 35.5. The highest BCUT2D eigenvalue weighted by Gasteiger charge is 2.18. The fourth-order valence-corrected chi connectivity index (χ4v) is 3.07. The predicted molar refractivity (Wildman–Crippen MR) is 71.4 cm³/mol. The van der Waals surface area contributed by atoms with E-state index in [1.54, 1.807) is 13.0 Å². The molecule has 0 saturated heterocycles. The van der Waals surface area contributed by atoms with Gasteiger partial charge in [0.25, 0.3) is 0 Å². The van der Waals surface area contributed by atoms with Gasteiger partial charge in [0.15, 0.2) is 5.76 Å². The molecule has 0 saturated carbocycles. The van der Waals surface area contributed by atoms with Gasteiger partial charge in [-0.05, 0) is 25.1 Å². The Bertz CT molecular complexity index is 777. The predicted octanol–water partition coefficient (Wildman–Crippen LogP) is 1.99. The van der Waals surface area contributed by atoms with Crippen molar-refractivity contribution in [1.29, 1.82) is 5.26 Å². The van der Waals surface area contributed by atoms with Crippen molar-refractivity contribution in [3.05, 3.63) is 46.3 Å². The van der Waals surface area contributed by atoms with Gasteiger partial charge < -0.3 is 4.52 Å². The molecule has 0 aliphatic carbocycles. The lowest BCUT2D eigenvalue weighted by atomic mass is 10.2. The second kappa shape index (κ2) is 5.63. The Morgan fingerprint density at radius 1 is 1.45 bits per heavy atom. The SMILES string of the molecule is Cc1cc(CNS(=O)(=O)c2ccc(C#N)cc2Cl)on1. The van der Waals surface area contributed by atoms with Crippen molar-refractivity contribution in [1.82, 2.24) is 9.88 Å². The molecule has 0 aliphatic rings. The molecule has 2 aromatic rings. The molecule has 0 amide bonds. The fraction of sp³-hybridized carbons (Fsp3) is 0.167. The van der Waals surface area contributed by atoms with Gasteiger partial charge in [0.05, 0.1) is 28.9 Å². The topological polar surface area (TPSA) is 96.0 Å². The highest BCUT2D eigenvalue weighted by molar-refractivity contribution is 7.89. The lowest BCUT2D eigenvalue weighted by Crippen LogP contribution is -2.23. The number of halogens is 1. The third-order valence-corrected chi connectivity index (χ3v) is 4.35. The third kappa shape index (κ3) is 3.17. The smallest absolute Gasteiger partial charge is 0.242 e. The van der Waals surface area contributed by atoms with Crippen LogP contribution in [0.25, 0.3) is 0 Å². The van der Waals surface area contributed by atoms with Crippen LogP contribution in [0.3, 0.4) is 0 Å². The number of aromatic nitrogens is 1. The molecule has 0 radical (unpaired) electrons. The average Bonchev–Trinajstić information content (AvgIpc) is 2.82. The summed E-state index contributed by atoms with van der Waals surface area (Å²) in [5.41, 5.74) is 0.954. The van der Waals surface area contributed by atoms with Crippen LogP contribution in [0.15, 0.2) is 33.7 Å². The number of nitrogens with zero attached hydrogens (tertiary/aromatic N) is 2. The Morgan fingerprint density at radius 3 is 2.75 bits per heavy atom. The number of nitriles is 1. The van der Waals surface area contributed by atoms with Crippen molar-refractivity contribution in [2.75, 3.05) is 0 Å². The average molecular weight is 312 g/mol. The van der Waals surface area contributed by atoms with Crippen LogP contribution >= 0.6 is 11.6 Å². The monoisotopic (exact) mass is 311 g/mol. The zero-order valence-electron chi connectivity index (χ0n) is 10.4. The van der Waals surface area contributed by atoms with Crippen molar-refractivity contribution in [2.24, 2.45) is 0 Å². The minimum atomic E-state index is -3.78. The highest BCUT2D eigenvalue weighted by Crippen LogP contribution is 2.22. The zero-order valence-corrected chi connectivity index (χ0v) is 12.0. The molecule has 1 aromatic heterocycles. The van der Waals surface area contributed by atoms with Gasteiger partial charge in [0.1, 0.15) is 4.90 Å². The standard InChI is InChI=1S/C12H10ClN3O3S/c1-8-4-10(19-16-8)7-15-20(17,18)12-3-2-9(6-14)5-11(12)13/h2-5,15H,7H2,1H3. The van der Waals surface area contributed by atoms with Crippen molar-refractivity contribution < 1.29 is 12.9 Å². The quantitative estimate of drug-likeness (QED) is 0.931. The maximum atomic E-state index is 12.1. The van der Waals surface area contributed by atoms with Crippen LogP contribution in [0.1, 0.15) is 17.0 Å². The van der Waals surface area contributed by atoms with Gasteiger partial charge >= 0.3 is 0 Å². The summed E-state index contributed by atoms with van der Waals surface area (Å²) < 4.78 is 31.4. The van der Waals surface area contributed by atoms with Crippen LogP contribution in [-0.2, 0) is 16.6 Å². The second-order valence-corrected chi connectivity index (χ2v) is 6.16. The first-order chi connectivity index (χ1) is 9.42. The summed E-state index contributed by atoms with van der Waals surface area (Å²) in [5.74, 6) is 0.399. The first kappa shape index (κ1) is 14.5. The van der Waals surface area contributed by atoms with Crippen LogP contribution in [0.4, 0.5) is 0 Å². The largest absolute Gasteiger partial charge is 0.360 e. The molecule has 6 nitrogen and oxygen atoms in total. The van der Waals surface area contributed by atoms with Crippen molar-refractivity contribution in [3.63, 3.8) is 0 Å². The molecule has 0 atom stereocenters. The molecule has 1 aromatic carbocycles. The molecule has 0 bridgehead atoms. The zero-order chi connectivity index (χ0) is 14.8. The third-order valence-electron chi connectivity index (χ3n) is 2.46. The molecular formula is C12H10ClN3O3S. The number of hydrogen-bond acceptors (Lipinski definition) is 5. The first-order valence-corrected chi connectivity index (χ1v) is 7.40. The summed E-state index contributed by atoms with van der Waals surface area (Å²) in [6.07, 6.45) is 0. The molecule has 0 unspecified atom stereocenters. The minimum absolute atomic E-state index is 0.00898. The van der Waals surface area contributed by atoms with E-state index < -0.39 is 10.0 Å². The summed E-state index contributed by atoms with van der Waals surface area (Å²) in [4.78, 5) is -0.0885. The van der Waals surface area contributed by atoms with E-state index in [-0.39, 0.29) is 16.5 Å². The molecule has 2 rings (SSSR count). The van der Waals surface area contributed by atoms with Crippen LogP contribution in [0.2, 0.25) is 5.02 Å². The Hall–Kier alpha value is -1.88. The Kier molecular flexibility index (Phi) is 4.09. The molecule has 0 spiro atoms. The maximum Gasteiger partial charge on any atom is 0.242 e. The van der Waals surface area contributed by atoms with Crippen molar-refractivity contribution >= 4 is 21.6 Å². The van der Waals surface area contributed by atoms with Gasteiger partial charge in [-0.2, -0.15) is 5.26 Å². The van der Waals surface area contributed by atoms with E-state index in [9.17, 15) is 8.42 Å². The number of nitrogens with one attached hydrogen (secondary N) is 1. The van der Waals surface area contributed by atoms with Gasteiger partial charge in [-0.15, -0.1) is 0 Å². The van der Waals surface area contributed by atoms with Crippen molar-refractivity contribution in [3.8, 4) is 6.07 Å². The van der Waals surface area contributed by atoms with Crippen LogP contribution in [-0.4, -0.2) is 13.6 Å². The van der Waals surface area contributed by atoms with Gasteiger partial charge in [0, 0.05) is 6.07 Å². The number of hydrogen-bond donors (Lipinski definition) is 1. The number of aryl methyl sites for hydroxylation is 1. The Labute approximate surface area is 121 Å². The summed E-state index contributed by atoms with van der Waals surface area (Å²) in [6, 6.07) is 7.49. The summed E-state index contributed by atoms with van der Waals surface area (Å²) in [7, 11) is -3.78. The van der Waals surface area contributed by atoms with E-state index in [1.807, 2.05) is 6.07 Å². The lowest BCUT2D eigenvalue weighted by Gasteiger charge is -2.07. The minimum Gasteiger partial charge on any atom is -0.360 e. The van der Waals surface area contributed by atoms with E-state index in [4.69, 9.17) is 21.4 Å². The van der Waals surface area contributed by atoms with Crippen LogP contribution in [0, 0.1) is 18.3 Å². The van der Waals surface area contributed by atoms with Gasteiger partial charge in [-0.25, -0.2) is 13.1 Å². The number of benzene rings is 1. The van der Waals surface area contributed by atoms with Crippen molar-refractivity contribution in [2.45, 2.75) is 18.4 Å². The maximum absolute atomic E-state index is 12.1. The van der Waals surface area contributed by atoms with E-state index in [1.165, 1.54) is 18.2 Å². The molecule has 1 heterocycles. The second-order valence-electron chi connectivity index (χ2n) is 4.02. The summed E-state index contributed by atoms with van der Waals surface area (Å²) in [6.45, 7) is 1.71. The van der Waals surface area contributed by atoms with Gasteiger partial charge in [-0.1, -0.05) is 16.8 Å². The van der Waals surface area contributed by atoms with E-state index >= 15 is 0 Å². The van der Waals surface area contributed by atoms with Gasteiger partial charge in [0.2, 0.25) is 10.0 Å². The van der Waals surface area contributed by atoms with E-state index in [0.717, 1.165) is 0 Å². The lowest BCUT2D eigenvalue weighted by molar-refractivity contribution is 0.377. The number of rotatable bonds is 4. The first-order valence-electron chi connectivity index (χ1n) is 5.54. The molecule has 104 valence electrons. The molecule has 0 aliphatic heterocycles. The van der Waals surface area contributed by atoms with E-state index in [0.29, 0.717) is 17.0 Å². The molecule has 8 heteroatoms. The molecular weight excluding hydrogens is 302 g/mol.